The summed E-state index contributed by atoms with van der Waals surface area (Å²) in [6.45, 7) is 13.5. The molecule has 2 nitrogen and oxygen atoms in total. The van der Waals surface area contributed by atoms with Crippen molar-refractivity contribution in [3.63, 3.8) is 0 Å². The van der Waals surface area contributed by atoms with Crippen LogP contribution in [0.2, 0.25) is 0 Å². The average molecular weight is 362 g/mol. The zero-order valence-corrected chi connectivity index (χ0v) is 17.3. The van der Waals surface area contributed by atoms with Crippen LogP contribution in [-0.4, -0.2) is 17.9 Å². The zero-order chi connectivity index (χ0) is 19.7. The molecule has 0 fully saturated rings. The minimum atomic E-state index is 0.0801. The van der Waals surface area contributed by atoms with Crippen molar-refractivity contribution in [3.8, 4) is 0 Å². The molecule has 0 radical (unpaired) electrons. The van der Waals surface area contributed by atoms with Crippen LogP contribution in [0.4, 0.5) is 0 Å². The number of benzene rings is 2. The van der Waals surface area contributed by atoms with Crippen LogP contribution >= 0.6 is 0 Å². The zero-order valence-electron chi connectivity index (χ0n) is 17.3. The van der Waals surface area contributed by atoms with Crippen LogP contribution in [0.15, 0.2) is 43.0 Å². The van der Waals surface area contributed by atoms with Crippen LogP contribution in [0.25, 0.3) is 5.57 Å². The van der Waals surface area contributed by atoms with E-state index in [1.165, 1.54) is 35.1 Å². The van der Waals surface area contributed by atoms with E-state index in [2.05, 4.69) is 63.7 Å². The molecule has 142 valence electrons. The van der Waals surface area contributed by atoms with Crippen molar-refractivity contribution in [2.24, 2.45) is 0 Å². The molecule has 0 spiro atoms. The Morgan fingerprint density at radius 2 is 1.63 bits per heavy atom. The molecule has 0 N–H and O–H groups in total. The highest BCUT2D eigenvalue weighted by molar-refractivity contribution is 5.80. The number of rotatable bonds is 4. The van der Waals surface area contributed by atoms with Crippen LogP contribution in [-0.2, 0) is 11.3 Å². The van der Waals surface area contributed by atoms with Gasteiger partial charge in [-0.25, -0.2) is 0 Å². The molecule has 0 heterocycles. The van der Waals surface area contributed by atoms with Gasteiger partial charge in [0.25, 0.3) is 0 Å². The molecule has 0 aliphatic heterocycles. The van der Waals surface area contributed by atoms with Gasteiger partial charge in [-0.05, 0) is 70.6 Å². The normalized spacial score (nSPS) is 18.7. The Balaban J connectivity index is 1.88. The second kappa shape index (κ2) is 7.72. The number of aryl methyl sites for hydroxylation is 1. The van der Waals surface area contributed by atoms with Gasteiger partial charge in [0.2, 0.25) is 5.91 Å². The first-order valence-electron chi connectivity index (χ1n) is 9.92. The van der Waals surface area contributed by atoms with Gasteiger partial charge < -0.3 is 4.90 Å². The standard InChI is InChI=1S/C25H31NO/c1-16-7-8-17(2)25-14-23(18(3)13-24(16)25)19(4)22-11-9-21(10-12-22)15-26(6)20(5)27/h9-14,16-17H,4,7-8,15H2,1-3,5-6H3. The van der Waals surface area contributed by atoms with E-state index in [1.54, 1.807) is 11.8 Å². The van der Waals surface area contributed by atoms with Gasteiger partial charge in [0.15, 0.2) is 0 Å². The molecule has 2 atom stereocenters. The summed E-state index contributed by atoms with van der Waals surface area (Å²) < 4.78 is 0. The van der Waals surface area contributed by atoms with Crippen molar-refractivity contribution in [1.29, 1.82) is 0 Å². The summed E-state index contributed by atoms with van der Waals surface area (Å²) in [7, 11) is 1.83. The predicted molar refractivity (Wildman–Crippen MR) is 114 cm³/mol. The number of carbonyl (C=O) groups excluding carboxylic acids is 1. The van der Waals surface area contributed by atoms with E-state index >= 15 is 0 Å². The molecule has 0 aromatic heterocycles. The second-order valence-corrected chi connectivity index (χ2v) is 8.23. The lowest BCUT2D eigenvalue weighted by Gasteiger charge is -2.29. The molecule has 3 rings (SSSR count). The van der Waals surface area contributed by atoms with Crippen molar-refractivity contribution in [2.75, 3.05) is 7.05 Å². The molecule has 1 aliphatic rings. The van der Waals surface area contributed by atoms with Gasteiger partial charge in [-0.3, -0.25) is 4.79 Å². The topological polar surface area (TPSA) is 20.3 Å². The summed E-state index contributed by atoms with van der Waals surface area (Å²) in [4.78, 5) is 13.1. The monoisotopic (exact) mass is 361 g/mol. The Morgan fingerprint density at radius 3 is 2.19 bits per heavy atom. The van der Waals surface area contributed by atoms with E-state index in [0.717, 1.165) is 16.7 Å². The lowest BCUT2D eigenvalue weighted by atomic mass is 9.76. The van der Waals surface area contributed by atoms with Gasteiger partial charge >= 0.3 is 0 Å². The molecule has 2 heteroatoms. The highest BCUT2D eigenvalue weighted by Crippen LogP contribution is 2.41. The fourth-order valence-electron chi connectivity index (χ4n) is 4.09. The van der Waals surface area contributed by atoms with Gasteiger partial charge in [0, 0.05) is 20.5 Å². The first-order valence-corrected chi connectivity index (χ1v) is 9.92. The van der Waals surface area contributed by atoms with E-state index in [-0.39, 0.29) is 5.91 Å². The van der Waals surface area contributed by atoms with Crippen LogP contribution in [0, 0.1) is 6.92 Å². The number of carbonyl (C=O) groups is 1. The van der Waals surface area contributed by atoms with E-state index in [0.29, 0.717) is 18.4 Å². The Kier molecular flexibility index (Phi) is 5.55. The fourth-order valence-corrected chi connectivity index (χ4v) is 4.09. The smallest absolute Gasteiger partial charge is 0.219 e. The van der Waals surface area contributed by atoms with Crippen molar-refractivity contribution in [2.45, 2.75) is 58.9 Å². The average Bonchev–Trinajstić information content (AvgIpc) is 2.64. The summed E-state index contributed by atoms with van der Waals surface area (Å²) in [5.74, 6) is 1.35. The molecule has 0 saturated carbocycles. The van der Waals surface area contributed by atoms with Crippen LogP contribution in [0.5, 0.6) is 0 Å². The Labute approximate surface area is 163 Å². The number of hydrogen-bond donors (Lipinski definition) is 0. The van der Waals surface area contributed by atoms with Crippen molar-refractivity contribution < 1.29 is 4.79 Å². The first-order chi connectivity index (χ1) is 12.8. The Hall–Kier alpha value is -2.35. The number of nitrogens with zero attached hydrogens (tertiary/aromatic N) is 1. The lowest BCUT2D eigenvalue weighted by molar-refractivity contribution is -0.128. The Morgan fingerprint density at radius 1 is 1.07 bits per heavy atom. The minimum absolute atomic E-state index is 0.0801. The van der Waals surface area contributed by atoms with Gasteiger partial charge in [-0.1, -0.05) is 56.8 Å². The summed E-state index contributed by atoms with van der Waals surface area (Å²) in [6.07, 6.45) is 2.55. The third-order valence-electron chi connectivity index (χ3n) is 6.11. The fraction of sp³-hybridized carbons (Fsp3) is 0.400. The lowest BCUT2D eigenvalue weighted by Crippen LogP contribution is -2.22. The van der Waals surface area contributed by atoms with E-state index in [4.69, 9.17) is 0 Å². The van der Waals surface area contributed by atoms with E-state index in [9.17, 15) is 4.79 Å². The van der Waals surface area contributed by atoms with Crippen LogP contribution in [0.3, 0.4) is 0 Å². The maximum absolute atomic E-state index is 11.4. The van der Waals surface area contributed by atoms with Crippen molar-refractivity contribution in [1.82, 2.24) is 4.90 Å². The number of fused-ring (bicyclic) bond motifs is 1. The van der Waals surface area contributed by atoms with Gasteiger partial charge in [0.1, 0.15) is 0 Å². The number of hydrogen-bond acceptors (Lipinski definition) is 1. The van der Waals surface area contributed by atoms with Gasteiger partial charge in [-0.2, -0.15) is 0 Å². The molecule has 1 aliphatic carbocycles. The number of amides is 1. The molecular formula is C25H31NO. The third-order valence-corrected chi connectivity index (χ3v) is 6.11. The van der Waals surface area contributed by atoms with Crippen LogP contribution < -0.4 is 0 Å². The third kappa shape index (κ3) is 4.00. The van der Waals surface area contributed by atoms with Gasteiger partial charge in [-0.15, -0.1) is 0 Å². The Bertz CT molecular complexity index is 863. The summed E-state index contributed by atoms with van der Waals surface area (Å²) in [5, 5.41) is 0. The highest BCUT2D eigenvalue weighted by Gasteiger charge is 2.23. The molecule has 2 aromatic rings. The largest absolute Gasteiger partial charge is 0.342 e. The maximum Gasteiger partial charge on any atom is 0.219 e. The van der Waals surface area contributed by atoms with Crippen molar-refractivity contribution >= 4 is 11.5 Å². The molecule has 2 aromatic carbocycles. The molecule has 27 heavy (non-hydrogen) atoms. The highest BCUT2D eigenvalue weighted by atomic mass is 16.2. The molecule has 2 unspecified atom stereocenters. The van der Waals surface area contributed by atoms with E-state index in [1.807, 2.05) is 7.05 Å². The van der Waals surface area contributed by atoms with Crippen LogP contribution in [0.1, 0.15) is 78.8 Å². The molecule has 1 amide bonds. The predicted octanol–water partition coefficient (Wildman–Crippen LogP) is 6.04. The summed E-state index contributed by atoms with van der Waals surface area (Å²) in [6, 6.07) is 13.2. The molecular weight excluding hydrogens is 330 g/mol. The van der Waals surface area contributed by atoms with Gasteiger partial charge in [0.05, 0.1) is 0 Å². The first kappa shape index (κ1) is 19.4. The minimum Gasteiger partial charge on any atom is -0.342 e. The molecule has 0 saturated heterocycles. The van der Waals surface area contributed by atoms with E-state index < -0.39 is 0 Å². The quantitative estimate of drug-likeness (QED) is 0.650. The summed E-state index contributed by atoms with van der Waals surface area (Å²) in [5.41, 5.74) is 8.92. The molecule has 0 bridgehead atoms. The SMILES string of the molecule is C=C(c1ccc(CN(C)C(C)=O)cc1)c1cc2c(cc1C)C(C)CCC2C. The maximum atomic E-state index is 11.4. The van der Waals surface area contributed by atoms with Crippen molar-refractivity contribution in [3.05, 3.63) is 76.4 Å². The summed E-state index contributed by atoms with van der Waals surface area (Å²) >= 11 is 0. The second-order valence-electron chi connectivity index (χ2n) is 8.23.